The van der Waals surface area contributed by atoms with Crippen LogP contribution in [0.5, 0.6) is 0 Å². The number of benzene rings is 1. The predicted octanol–water partition coefficient (Wildman–Crippen LogP) is 1.05. The highest BCUT2D eigenvalue weighted by molar-refractivity contribution is 5.67. The maximum atomic E-state index is 12.4. The summed E-state index contributed by atoms with van der Waals surface area (Å²) < 4.78 is 30.3. The summed E-state index contributed by atoms with van der Waals surface area (Å²) in [4.78, 5) is 15.3. The van der Waals surface area contributed by atoms with Crippen LogP contribution in [0.15, 0.2) is 30.3 Å². The van der Waals surface area contributed by atoms with Crippen molar-refractivity contribution in [3.8, 4) is 0 Å². The normalized spacial score (nSPS) is 31.5. The lowest BCUT2D eigenvalue weighted by Crippen LogP contribution is -2.67. The fourth-order valence-electron chi connectivity index (χ4n) is 3.04. The molecule has 1 aromatic rings. The molecule has 1 unspecified atom stereocenters. The van der Waals surface area contributed by atoms with Crippen LogP contribution in [-0.2, 0) is 11.3 Å². The molecule has 2 aliphatic heterocycles. The molecule has 1 aromatic carbocycles. The van der Waals surface area contributed by atoms with Crippen LogP contribution in [0.4, 0.5) is 4.79 Å². The van der Waals surface area contributed by atoms with Crippen molar-refractivity contribution in [3.05, 3.63) is 35.9 Å². The minimum absolute atomic E-state index is 0.0524. The minimum Gasteiger partial charge on any atom is -0.445 e. The Bertz CT molecular complexity index is 635. The summed E-state index contributed by atoms with van der Waals surface area (Å²) in [6.07, 6.45) is 0.732. The minimum atomic E-state index is -2.14. The Kier molecular flexibility index (Phi) is 4.81. The van der Waals surface area contributed by atoms with Crippen LogP contribution < -0.4 is 5.32 Å². The number of piperazine rings is 1. The van der Waals surface area contributed by atoms with Gasteiger partial charge in [0.15, 0.2) is 0 Å². The standard InChI is InChI=1S/C18H27N3O3/c22-12-4-7-16-17(13-19-16)20-8-10-21(11-9-20)18(23)24-14-15-5-2-1-3-6-15/h1-3,5-6,16-17,19,22H,4,7-14H2/t16-,17+/m0/s1/i8D,10D2/t8?,16-,17+. The summed E-state index contributed by atoms with van der Waals surface area (Å²) in [5.41, 5.74) is 0.833. The molecule has 0 radical (unpaired) electrons. The van der Waals surface area contributed by atoms with Crippen LogP contribution in [0.3, 0.4) is 0 Å². The fraction of sp³-hybridized carbons (Fsp3) is 0.611. The molecule has 2 N–H and O–H groups in total. The molecular formula is C18H27N3O3. The average Bonchev–Trinajstić information content (AvgIpc) is 2.64. The molecule has 2 aliphatic rings. The number of aliphatic hydroxyl groups is 1. The Morgan fingerprint density at radius 3 is 2.92 bits per heavy atom. The molecule has 0 aromatic heterocycles. The molecule has 2 fully saturated rings. The van der Waals surface area contributed by atoms with Gasteiger partial charge in [0.25, 0.3) is 0 Å². The van der Waals surface area contributed by atoms with Gasteiger partial charge in [0, 0.05) is 52.7 Å². The Morgan fingerprint density at radius 2 is 2.21 bits per heavy atom. The maximum Gasteiger partial charge on any atom is 0.410 e. The topological polar surface area (TPSA) is 65.0 Å². The molecule has 0 aliphatic carbocycles. The van der Waals surface area contributed by atoms with E-state index in [1.807, 2.05) is 35.2 Å². The van der Waals surface area contributed by atoms with Gasteiger partial charge >= 0.3 is 6.09 Å². The fourth-order valence-corrected chi connectivity index (χ4v) is 3.04. The lowest BCUT2D eigenvalue weighted by Gasteiger charge is -2.48. The van der Waals surface area contributed by atoms with Gasteiger partial charge in [0.2, 0.25) is 0 Å². The molecule has 132 valence electrons. The zero-order valence-corrected chi connectivity index (χ0v) is 13.7. The Hall–Kier alpha value is -1.63. The van der Waals surface area contributed by atoms with E-state index >= 15 is 0 Å². The molecular weight excluding hydrogens is 306 g/mol. The van der Waals surface area contributed by atoms with E-state index in [4.69, 9.17) is 14.0 Å². The second-order valence-electron chi connectivity index (χ2n) is 6.14. The quantitative estimate of drug-likeness (QED) is 0.813. The van der Waals surface area contributed by atoms with Crippen molar-refractivity contribution < 1.29 is 18.8 Å². The smallest absolute Gasteiger partial charge is 0.410 e. The van der Waals surface area contributed by atoms with E-state index in [1.165, 1.54) is 0 Å². The highest BCUT2D eigenvalue weighted by Gasteiger charge is 2.36. The van der Waals surface area contributed by atoms with Gasteiger partial charge in [-0.2, -0.15) is 0 Å². The molecule has 24 heavy (non-hydrogen) atoms. The zero-order chi connectivity index (χ0) is 19.4. The van der Waals surface area contributed by atoms with Crippen molar-refractivity contribution in [1.29, 1.82) is 0 Å². The first-order valence-electron chi connectivity index (χ1n) is 10.0. The lowest BCUT2D eigenvalue weighted by atomic mass is 9.93. The number of carbonyl (C=O) groups is 1. The van der Waals surface area contributed by atoms with Crippen LogP contribution >= 0.6 is 0 Å². The van der Waals surface area contributed by atoms with E-state index in [9.17, 15) is 4.79 Å². The molecule has 2 heterocycles. The van der Waals surface area contributed by atoms with E-state index in [1.54, 1.807) is 0 Å². The SMILES string of the molecule is [2H]C1N([C@@H]2CN[C@H]2CCCO)CCN(C(=O)OCc2ccccc2)C1([2H])[2H]. The number of aliphatic hydroxyl groups excluding tert-OH is 1. The number of hydrogen-bond acceptors (Lipinski definition) is 5. The Morgan fingerprint density at radius 1 is 1.38 bits per heavy atom. The molecule has 0 spiro atoms. The Labute approximate surface area is 147 Å². The van der Waals surface area contributed by atoms with E-state index in [-0.39, 0.29) is 31.8 Å². The number of amides is 1. The molecule has 3 rings (SSSR count). The molecule has 2 saturated heterocycles. The lowest BCUT2D eigenvalue weighted by molar-refractivity contribution is 0.0303. The molecule has 0 bridgehead atoms. The van der Waals surface area contributed by atoms with Gasteiger partial charge in [-0.15, -0.1) is 0 Å². The number of nitrogens with one attached hydrogen (secondary N) is 1. The van der Waals surface area contributed by atoms with Gasteiger partial charge in [-0.1, -0.05) is 30.3 Å². The summed E-state index contributed by atoms with van der Waals surface area (Å²) in [6.45, 7) is -1.82. The van der Waals surface area contributed by atoms with Gasteiger partial charge in [-0.3, -0.25) is 4.90 Å². The van der Waals surface area contributed by atoms with Gasteiger partial charge in [0.1, 0.15) is 6.61 Å². The van der Waals surface area contributed by atoms with Gasteiger partial charge in [-0.25, -0.2) is 4.79 Å². The van der Waals surface area contributed by atoms with E-state index in [0.717, 1.165) is 16.9 Å². The Balaban J connectivity index is 1.59. The van der Waals surface area contributed by atoms with Crippen molar-refractivity contribution in [3.63, 3.8) is 0 Å². The molecule has 0 saturated carbocycles. The molecule has 6 heteroatoms. The van der Waals surface area contributed by atoms with Crippen molar-refractivity contribution in [2.45, 2.75) is 31.5 Å². The van der Waals surface area contributed by atoms with Crippen LogP contribution in [-0.4, -0.2) is 72.3 Å². The number of ether oxygens (including phenoxy) is 1. The van der Waals surface area contributed by atoms with Crippen LogP contribution in [0.1, 0.15) is 22.5 Å². The van der Waals surface area contributed by atoms with E-state index in [0.29, 0.717) is 19.5 Å². The highest BCUT2D eigenvalue weighted by Crippen LogP contribution is 2.19. The second kappa shape index (κ2) is 8.46. The first-order valence-corrected chi connectivity index (χ1v) is 8.45. The largest absolute Gasteiger partial charge is 0.445 e. The van der Waals surface area contributed by atoms with Crippen molar-refractivity contribution in [2.24, 2.45) is 0 Å². The van der Waals surface area contributed by atoms with E-state index in [2.05, 4.69) is 5.32 Å². The number of rotatable bonds is 6. The first-order chi connectivity index (χ1) is 12.9. The highest BCUT2D eigenvalue weighted by atomic mass is 16.6. The third-order valence-corrected chi connectivity index (χ3v) is 4.54. The van der Waals surface area contributed by atoms with Crippen LogP contribution in [0.25, 0.3) is 0 Å². The summed E-state index contributed by atoms with van der Waals surface area (Å²) in [7, 11) is 0. The second-order valence-corrected chi connectivity index (χ2v) is 6.14. The van der Waals surface area contributed by atoms with Crippen molar-refractivity contribution in [2.75, 3.05) is 39.3 Å². The van der Waals surface area contributed by atoms with Gasteiger partial charge in [0.05, 0.1) is 2.74 Å². The van der Waals surface area contributed by atoms with Gasteiger partial charge < -0.3 is 20.1 Å². The summed E-state index contributed by atoms with van der Waals surface area (Å²) >= 11 is 0. The van der Waals surface area contributed by atoms with Crippen molar-refractivity contribution in [1.82, 2.24) is 15.1 Å². The van der Waals surface area contributed by atoms with Gasteiger partial charge in [-0.05, 0) is 18.4 Å². The molecule has 1 amide bonds. The van der Waals surface area contributed by atoms with Crippen molar-refractivity contribution >= 4 is 6.09 Å². The number of carbonyl (C=O) groups excluding carboxylic acids is 1. The van der Waals surface area contributed by atoms with E-state index < -0.39 is 19.1 Å². The summed E-state index contributed by atoms with van der Waals surface area (Å²) in [5, 5.41) is 12.3. The molecule has 3 atom stereocenters. The summed E-state index contributed by atoms with van der Waals surface area (Å²) in [6, 6.07) is 9.44. The third kappa shape index (κ3) is 4.26. The molecule has 6 nitrogen and oxygen atoms in total. The zero-order valence-electron chi connectivity index (χ0n) is 16.7. The van der Waals surface area contributed by atoms with Crippen LogP contribution in [0.2, 0.25) is 0 Å². The number of hydrogen-bond donors (Lipinski definition) is 2. The predicted molar refractivity (Wildman–Crippen MR) is 91.7 cm³/mol. The summed E-state index contributed by atoms with van der Waals surface area (Å²) in [5.74, 6) is 0. The third-order valence-electron chi connectivity index (χ3n) is 4.54. The van der Waals surface area contributed by atoms with Crippen LogP contribution in [0, 0.1) is 0 Å². The maximum absolute atomic E-state index is 12.4. The number of nitrogens with zero attached hydrogens (tertiary/aromatic N) is 2. The first kappa shape index (κ1) is 13.6. The average molecular weight is 336 g/mol. The monoisotopic (exact) mass is 336 g/mol.